The summed E-state index contributed by atoms with van der Waals surface area (Å²) in [7, 11) is 3.23. The van der Waals surface area contributed by atoms with Crippen molar-refractivity contribution in [3.05, 3.63) is 196 Å². The summed E-state index contributed by atoms with van der Waals surface area (Å²) in [5.41, 5.74) is 1.24. The number of carboxylic acids is 1. The van der Waals surface area contributed by atoms with Gasteiger partial charge in [-0.3, -0.25) is 38.4 Å². The van der Waals surface area contributed by atoms with Crippen LogP contribution in [0.15, 0.2) is 155 Å². The minimum atomic E-state index is -1.54. The van der Waals surface area contributed by atoms with Gasteiger partial charge in [0, 0.05) is 32.4 Å². The standard InChI is InChI=1S/C81H96N18O14/c1-45(82-9)70(100)88-67(80(3,4)5)76(106)96-33-31-63-65(96)74(104)85-60(39-49-19-25-51-15-11-13-17-53(51)35-49)72(102)84-59(69-90-79(110)113-93-69)37-47-21-27-57(28-22-47)111-43-55-41-99(95-91-55)64-32-34-97(77(107)68(81(6,7)8)89-71(101)46(2)83-10)66(64)75(105)86-61(40-50-20-26-52-16-12-14-18-54(52)36-50)73(103)87-62(78(108)109)38-48-23-29-58(30-24-48)112-44-56-42-98(63)94-92-56/h11-30,35-36,41-42,45-46,59-68,82-83H,31-34,37-40,43-44H2,1-10H3,(H,84,102)(H,85,104)(H,86,105)(H,87,103)(H,88,100)(H,89,101)(H,108,109)(H,90,93,110)/t45-,46-,59-,60-,61-,62-,63+,64+,65-,66-,67+,68+/m0/s1. The number of nitrogens with zero attached hydrogens (tertiary/aromatic N) is 9. The number of fused-ring (bicyclic) bond motifs is 2. The Morgan fingerprint density at radius 2 is 0.965 bits per heavy atom. The van der Waals surface area contributed by atoms with Gasteiger partial charge >= 0.3 is 11.7 Å². The Hall–Kier alpha value is -12.2. The highest BCUT2D eigenvalue weighted by Crippen LogP contribution is 2.36. The third-order valence-corrected chi connectivity index (χ3v) is 21.1. The molecule has 32 heteroatoms. The van der Waals surface area contributed by atoms with Crippen molar-refractivity contribution >= 4 is 74.8 Å². The summed E-state index contributed by atoms with van der Waals surface area (Å²) in [4.78, 5) is 153. The normalized spacial score (nSPS) is 21.4. The average Bonchev–Trinajstić information content (AvgIpc) is 1.65. The lowest BCUT2D eigenvalue weighted by molar-refractivity contribution is -0.145. The molecule has 6 aromatic carbocycles. The number of H-pyrrole nitrogens is 1. The highest BCUT2D eigenvalue weighted by molar-refractivity contribution is 5.98. The van der Waals surface area contributed by atoms with Crippen molar-refractivity contribution in [2.75, 3.05) is 27.2 Å². The number of carboxylic acid groups (broad SMARTS) is 1. The number of aromatic amines is 1. The van der Waals surface area contributed by atoms with Crippen molar-refractivity contribution in [2.45, 2.75) is 180 Å². The van der Waals surface area contributed by atoms with Crippen LogP contribution in [0.2, 0.25) is 0 Å². The molecule has 9 aromatic rings. The Kier molecular flexibility index (Phi) is 24.6. The molecule has 6 aliphatic heterocycles. The minimum absolute atomic E-state index is 0.00000856. The van der Waals surface area contributed by atoms with Gasteiger partial charge in [0.25, 0.3) is 0 Å². The van der Waals surface area contributed by atoms with Crippen LogP contribution in [0.1, 0.15) is 126 Å². The molecule has 32 nitrogen and oxygen atoms in total. The van der Waals surface area contributed by atoms with Gasteiger partial charge in [-0.2, -0.15) is 4.98 Å². The number of hydrogen-bond donors (Lipinski definition) is 10. The fraction of sp³-hybridized carbons (Fsp3) is 0.420. The predicted molar refractivity (Wildman–Crippen MR) is 414 cm³/mol. The number of benzene rings is 6. The van der Waals surface area contributed by atoms with Crippen LogP contribution in [-0.4, -0.2) is 190 Å². The molecule has 15 rings (SSSR count). The lowest BCUT2D eigenvalue weighted by Crippen LogP contribution is -2.61. The maximum absolute atomic E-state index is 15.7. The first-order valence-electron chi connectivity index (χ1n) is 37.7. The van der Waals surface area contributed by atoms with E-state index in [1.165, 1.54) is 19.2 Å². The van der Waals surface area contributed by atoms with Gasteiger partial charge in [-0.15, -0.1) is 10.2 Å². The molecule has 594 valence electrons. The quantitative estimate of drug-likeness (QED) is 0.0727. The van der Waals surface area contributed by atoms with Crippen LogP contribution in [0, 0.1) is 10.8 Å². The molecular weight excluding hydrogens is 1450 g/mol. The largest absolute Gasteiger partial charge is 0.487 e. The molecule has 0 radical (unpaired) electrons. The van der Waals surface area contributed by atoms with Gasteiger partial charge in [0.2, 0.25) is 47.3 Å². The van der Waals surface area contributed by atoms with Gasteiger partial charge in [-0.1, -0.05) is 161 Å². The Bertz CT molecular complexity index is 5030. The number of aromatic nitrogens is 8. The van der Waals surface area contributed by atoms with E-state index in [4.69, 9.17) is 14.0 Å². The van der Waals surface area contributed by atoms with Crippen LogP contribution in [0.3, 0.4) is 0 Å². The third kappa shape index (κ3) is 19.2. The molecule has 9 heterocycles. The molecule has 3 aromatic heterocycles. The Morgan fingerprint density at radius 3 is 1.37 bits per heavy atom. The lowest BCUT2D eigenvalue weighted by Gasteiger charge is -2.37. The molecule has 10 N–H and O–H groups in total. The molecular formula is C81H96N18O14. The van der Waals surface area contributed by atoms with Crippen molar-refractivity contribution in [3.8, 4) is 11.5 Å². The van der Waals surface area contributed by atoms with Crippen LogP contribution >= 0.6 is 0 Å². The Morgan fingerprint density at radius 1 is 0.540 bits per heavy atom. The van der Waals surface area contributed by atoms with Crippen LogP contribution in [0.4, 0.5) is 0 Å². The smallest absolute Gasteiger partial charge is 0.459 e. The van der Waals surface area contributed by atoms with Crippen molar-refractivity contribution in [1.82, 2.24) is 92.5 Å². The zero-order chi connectivity index (χ0) is 80.6. The molecule has 2 saturated heterocycles. The molecule has 8 amide bonds. The van der Waals surface area contributed by atoms with Gasteiger partial charge in [-0.25, -0.2) is 24.1 Å². The maximum Gasteiger partial charge on any atom is 0.459 e. The molecule has 6 aliphatic rings. The third-order valence-electron chi connectivity index (χ3n) is 21.1. The molecule has 0 aliphatic carbocycles. The van der Waals surface area contributed by atoms with Crippen LogP contribution in [-0.2, 0) is 82.0 Å². The van der Waals surface area contributed by atoms with Crippen LogP contribution in [0.25, 0.3) is 21.5 Å². The Labute approximate surface area is 651 Å². The minimum Gasteiger partial charge on any atom is -0.487 e. The van der Waals surface area contributed by atoms with Gasteiger partial charge in [-0.05, 0) is 126 Å². The number of hydrogen-bond acceptors (Lipinski definition) is 20. The van der Waals surface area contributed by atoms with E-state index in [0.717, 1.165) is 21.5 Å². The summed E-state index contributed by atoms with van der Waals surface area (Å²) in [6, 6.07) is 26.1. The summed E-state index contributed by atoms with van der Waals surface area (Å²) >= 11 is 0. The number of ether oxygens (including phenoxy) is 2. The fourth-order valence-electron chi connectivity index (χ4n) is 14.5. The Balaban J connectivity index is 0.901. The second kappa shape index (κ2) is 34.6. The predicted octanol–water partition coefficient (Wildman–Crippen LogP) is 4.25. The first kappa shape index (κ1) is 80.3. The first-order valence-corrected chi connectivity index (χ1v) is 37.7. The topological polar surface area (TPSA) is 415 Å². The summed E-state index contributed by atoms with van der Waals surface area (Å²) in [5, 5.41) is 58.1. The van der Waals surface area contributed by atoms with Crippen LogP contribution < -0.4 is 57.8 Å². The number of carbonyl (C=O) groups excluding carboxylic acids is 8. The van der Waals surface area contributed by atoms with E-state index in [9.17, 15) is 24.3 Å². The molecule has 12 atom stereocenters. The number of likely N-dealkylation sites (N-methyl/N-ethyl adjacent to an activating group) is 2. The summed E-state index contributed by atoms with van der Waals surface area (Å²) in [6.07, 6.45) is 3.09. The number of rotatable bonds is 14. The number of carbonyl (C=O) groups is 9. The highest BCUT2D eigenvalue weighted by atomic mass is 16.5. The van der Waals surface area contributed by atoms with Gasteiger partial charge < -0.3 is 71.4 Å². The van der Waals surface area contributed by atoms with Crippen molar-refractivity contribution in [2.24, 2.45) is 10.8 Å². The summed E-state index contributed by atoms with van der Waals surface area (Å²) in [5.74, 6) is -6.77. The number of nitrogens with one attached hydrogen (secondary N) is 9. The van der Waals surface area contributed by atoms with E-state index in [2.05, 4.69) is 73.3 Å². The van der Waals surface area contributed by atoms with E-state index in [1.807, 2.05) is 84.9 Å². The molecule has 0 saturated carbocycles. The summed E-state index contributed by atoms with van der Waals surface area (Å²) < 4.78 is 20.5. The van der Waals surface area contributed by atoms with Crippen molar-refractivity contribution < 1.29 is 62.3 Å². The highest BCUT2D eigenvalue weighted by Gasteiger charge is 2.51. The molecule has 113 heavy (non-hydrogen) atoms. The average molecular weight is 1550 g/mol. The molecule has 8 bridgehead atoms. The summed E-state index contributed by atoms with van der Waals surface area (Å²) in [6.45, 7) is 13.8. The molecule has 0 unspecified atom stereocenters. The van der Waals surface area contributed by atoms with Crippen molar-refractivity contribution in [1.29, 1.82) is 0 Å². The second-order valence-electron chi connectivity index (χ2n) is 31.3. The SMILES string of the molecule is CN[C@@H](C)C(=O)N[C@H](C(=O)N1CC[C@@H]2[C@H]1C(=O)N[C@@H](Cc1ccc3ccccc3c1)C(=O)N[C@H](C(=O)O)Cc1ccc(cc1)OCc1cn(nn1)[C@@H]1CCN(C(=O)[C@@H](NC(=O)[C@H](C)NC)C(C)(C)C)[C@@H]1C(=O)N[C@@H](Cc1ccc3ccccc3c1)C(=O)N[C@H](c1nc(=O)o[nH]1)Cc1ccc(cc1)OCc1cn2nn1)C(C)(C)C. The number of amides is 8. The van der Waals surface area contributed by atoms with Crippen LogP contribution in [0.5, 0.6) is 11.5 Å². The molecule has 0 spiro atoms. The van der Waals surface area contributed by atoms with E-state index in [-0.39, 0.29) is 70.7 Å². The van der Waals surface area contributed by atoms with E-state index in [1.54, 1.807) is 130 Å². The first-order chi connectivity index (χ1) is 54.0. The fourth-order valence-corrected chi connectivity index (χ4v) is 14.5. The molecule has 2 fully saturated rings. The second-order valence-corrected chi connectivity index (χ2v) is 31.3. The van der Waals surface area contributed by atoms with Gasteiger partial charge in [0.1, 0.15) is 78.4 Å². The maximum atomic E-state index is 15.7. The van der Waals surface area contributed by atoms with E-state index in [0.29, 0.717) is 45.1 Å². The van der Waals surface area contributed by atoms with Gasteiger partial charge in [0.15, 0.2) is 5.82 Å². The van der Waals surface area contributed by atoms with Crippen molar-refractivity contribution in [3.63, 3.8) is 0 Å². The van der Waals surface area contributed by atoms with E-state index < -0.39 is 142 Å². The lowest BCUT2D eigenvalue weighted by atomic mass is 9.85. The monoisotopic (exact) mass is 1540 g/mol. The van der Waals surface area contributed by atoms with Gasteiger partial charge in [0.05, 0.1) is 42.6 Å². The number of likely N-dealkylation sites (tertiary alicyclic amines) is 2. The van der Waals surface area contributed by atoms with E-state index >= 15 is 28.8 Å². The zero-order valence-electron chi connectivity index (χ0n) is 64.6. The zero-order valence-corrected chi connectivity index (χ0v) is 64.6. The number of aliphatic carboxylic acids is 1.